The highest BCUT2D eigenvalue weighted by atomic mass is 19.1. The number of aromatic nitrogens is 2. The van der Waals surface area contributed by atoms with Gasteiger partial charge in [0.1, 0.15) is 17.5 Å². The maximum absolute atomic E-state index is 13.1. The Morgan fingerprint density at radius 2 is 2.23 bits per heavy atom. The number of hydrogen-bond donors (Lipinski definition) is 2. The van der Waals surface area contributed by atoms with Crippen LogP contribution in [0.15, 0.2) is 42.7 Å². The molecule has 0 amide bonds. The highest BCUT2D eigenvalue weighted by molar-refractivity contribution is 5.80. The van der Waals surface area contributed by atoms with Gasteiger partial charge in [0.25, 0.3) is 0 Å². The molecule has 2 aromatic heterocycles. The molecule has 0 spiro atoms. The monoisotopic (exact) mass is 294 g/mol. The molecular weight excluding hydrogens is 279 g/mol. The molecule has 0 unspecified atom stereocenters. The first-order valence-electron chi connectivity index (χ1n) is 7.07. The Labute approximate surface area is 127 Å². The Bertz CT molecular complexity index is 832. The van der Waals surface area contributed by atoms with E-state index in [1.807, 2.05) is 18.3 Å². The van der Waals surface area contributed by atoms with E-state index in [0.29, 0.717) is 12.1 Å². The number of rotatable bonds is 5. The highest BCUT2D eigenvalue weighted by Gasteiger charge is 2.05. The summed E-state index contributed by atoms with van der Waals surface area (Å²) < 4.78 is 13.1. The van der Waals surface area contributed by atoms with E-state index in [-0.39, 0.29) is 5.82 Å². The first-order chi connectivity index (χ1) is 10.8. The van der Waals surface area contributed by atoms with Crippen LogP contribution in [-0.4, -0.2) is 16.5 Å². The van der Waals surface area contributed by atoms with E-state index >= 15 is 0 Å². The summed E-state index contributed by atoms with van der Waals surface area (Å²) in [6, 6.07) is 10.5. The van der Waals surface area contributed by atoms with Crippen LogP contribution in [0, 0.1) is 17.1 Å². The molecule has 0 fully saturated rings. The lowest BCUT2D eigenvalue weighted by atomic mass is 10.1. The third-order valence-corrected chi connectivity index (χ3v) is 3.54. The van der Waals surface area contributed by atoms with Crippen LogP contribution in [0.25, 0.3) is 11.0 Å². The van der Waals surface area contributed by atoms with Crippen LogP contribution in [0.1, 0.15) is 16.7 Å². The Kier molecular flexibility index (Phi) is 4.12. The van der Waals surface area contributed by atoms with Crippen LogP contribution in [-0.2, 0) is 13.0 Å². The number of hydrogen-bond acceptors (Lipinski definition) is 3. The largest absolute Gasteiger partial charge is 0.346 e. The molecule has 0 bridgehead atoms. The summed E-state index contributed by atoms with van der Waals surface area (Å²) in [5, 5.41) is 13.2. The van der Waals surface area contributed by atoms with E-state index in [1.54, 1.807) is 12.3 Å². The lowest BCUT2D eigenvalue weighted by molar-refractivity contribution is 0.620. The normalized spacial score (nSPS) is 10.7. The van der Waals surface area contributed by atoms with Gasteiger partial charge in [-0.2, -0.15) is 5.26 Å². The van der Waals surface area contributed by atoms with Crippen molar-refractivity contribution in [1.29, 1.82) is 5.26 Å². The van der Waals surface area contributed by atoms with Gasteiger partial charge in [-0.1, -0.05) is 12.1 Å². The van der Waals surface area contributed by atoms with Crippen LogP contribution in [0.3, 0.4) is 0 Å². The van der Waals surface area contributed by atoms with Gasteiger partial charge in [0, 0.05) is 24.3 Å². The Hall–Kier alpha value is -2.71. The minimum absolute atomic E-state index is 0.217. The zero-order valence-corrected chi connectivity index (χ0v) is 11.9. The lowest BCUT2D eigenvalue weighted by Gasteiger charge is -2.05. The van der Waals surface area contributed by atoms with Crippen LogP contribution in [0.4, 0.5) is 4.39 Å². The van der Waals surface area contributed by atoms with E-state index in [0.717, 1.165) is 35.1 Å². The molecule has 2 heterocycles. The Balaban J connectivity index is 1.61. The van der Waals surface area contributed by atoms with Gasteiger partial charge in [0.15, 0.2) is 0 Å². The van der Waals surface area contributed by atoms with Crippen LogP contribution in [0.5, 0.6) is 0 Å². The fraction of sp³-hybridized carbons (Fsp3) is 0.176. The second-order valence-corrected chi connectivity index (χ2v) is 5.10. The smallest absolute Gasteiger partial charge is 0.137 e. The molecule has 0 aliphatic rings. The van der Waals surface area contributed by atoms with E-state index < -0.39 is 0 Å². The number of nitrogens with zero attached hydrogens (tertiary/aromatic N) is 2. The molecule has 0 aliphatic heterocycles. The van der Waals surface area contributed by atoms with Gasteiger partial charge < -0.3 is 10.3 Å². The number of halogens is 1. The first-order valence-corrected chi connectivity index (χ1v) is 7.07. The fourth-order valence-electron chi connectivity index (χ4n) is 2.43. The van der Waals surface area contributed by atoms with Gasteiger partial charge in [-0.3, -0.25) is 0 Å². The molecule has 0 aliphatic carbocycles. The highest BCUT2D eigenvalue weighted by Crippen LogP contribution is 2.17. The van der Waals surface area contributed by atoms with Crippen molar-refractivity contribution >= 4 is 11.0 Å². The SMILES string of the molecule is N#Cc1cnc2[nH]cc(CCNCc3cccc(F)c3)c2c1. The Morgan fingerprint density at radius 1 is 1.32 bits per heavy atom. The number of nitriles is 1. The summed E-state index contributed by atoms with van der Waals surface area (Å²) >= 11 is 0. The molecule has 4 nitrogen and oxygen atoms in total. The van der Waals surface area contributed by atoms with Crippen LogP contribution < -0.4 is 5.32 Å². The molecule has 110 valence electrons. The summed E-state index contributed by atoms with van der Waals surface area (Å²) in [5.74, 6) is -0.217. The number of H-pyrrole nitrogens is 1. The van der Waals surface area contributed by atoms with Gasteiger partial charge in [-0.15, -0.1) is 0 Å². The van der Waals surface area contributed by atoms with Crippen molar-refractivity contribution < 1.29 is 4.39 Å². The van der Waals surface area contributed by atoms with Crippen molar-refractivity contribution in [2.45, 2.75) is 13.0 Å². The number of aromatic amines is 1. The third-order valence-electron chi connectivity index (χ3n) is 3.54. The zero-order valence-electron chi connectivity index (χ0n) is 11.9. The van der Waals surface area contributed by atoms with Crippen LogP contribution in [0.2, 0.25) is 0 Å². The predicted octanol–water partition coefficient (Wildman–Crippen LogP) is 2.91. The minimum Gasteiger partial charge on any atom is -0.346 e. The van der Waals surface area contributed by atoms with Crippen molar-refractivity contribution in [2.75, 3.05) is 6.54 Å². The molecule has 0 saturated carbocycles. The average Bonchev–Trinajstić information content (AvgIpc) is 2.94. The van der Waals surface area contributed by atoms with Crippen LogP contribution >= 0.6 is 0 Å². The zero-order chi connectivity index (χ0) is 15.4. The summed E-state index contributed by atoms with van der Waals surface area (Å²) in [4.78, 5) is 7.33. The molecule has 3 rings (SSSR count). The molecule has 5 heteroatoms. The number of benzene rings is 1. The van der Waals surface area contributed by atoms with E-state index in [4.69, 9.17) is 5.26 Å². The lowest BCUT2D eigenvalue weighted by Crippen LogP contribution is -2.16. The van der Waals surface area contributed by atoms with Crippen molar-refractivity contribution in [3.8, 4) is 6.07 Å². The maximum Gasteiger partial charge on any atom is 0.137 e. The van der Waals surface area contributed by atoms with E-state index in [1.165, 1.54) is 12.1 Å². The van der Waals surface area contributed by atoms with Gasteiger partial charge in [-0.25, -0.2) is 9.37 Å². The summed E-state index contributed by atoms with van der Waals surface area (Å²) in [7, 11) is 0. The number of pyridine rings is 1. The second kappa shape index (κ2) is 6.37. The van der Waals surface area contributed by atoms with Gasteiger partial charge in [0.2, 0.25) is 0 Å². The molecule has 2 N–H and O–H groups in total. The molecule has 22 heavy (non-hydrogen) atoms. The molecule has 0 saturated heterocycles. The first kappa shape index (κ1) is 14.2. The van der Waals surface area contributed by atoms with Crippen molar-refractivity contribution in [3.63, 3.8) is 0 Å². The number of nitrogens with one attached hydrogen (secondary N) is 2. The predicted molar refractivity (Wildman–Crippen MR) is 82.6 cm³/mol. The quantitative estimate of drug-likeness (QED) is 0.711. The third kappa shape index (κ3) is 3.13. The van der Waals surface area contributed by atoms with Crippen molar-refractivity contribution in [2.24, 2.45) is 0 Å². The second-order valence-electron chi connectivity index (χ2n) is 5.10. The average molecular weight is 294 g/mol. The van der Waals surface area contributed by atoms with E-state index in [9.17, 15) is 4.39 Å². The maximum atomic E-state index is 13.1. The number of fused-ring (bicyclic) bond motifs is 1. The van der Waals surface area contributed by atoms with Gasteiger partial charge >= 0.3 is 0 Å². The summed E-state index contributed by atoms with van der Waals surface area (Å²) in [6.45, 7) is 1.39. The fourth-order valence-corrected chi connectivity index (χ4v) is 2.43. The standard InChI is InChI=1S/C17H15FN4/c18-15-3-1-2-12(6-15)9-20-5-4-14-11-22-17-16(14)7-13(8-19)10-21-17/h1-3,6-7,10-11,20H,4-5,9H2,(H,21,22). The minimum atomic E-state index is -0.217. The van der Waals surface area contributed by atoms with Crippen molar-refractivity contribution in [1.82, 2.24) is 15.3 Å². The molecule has 0 radical (unpaired) electrons. The molecule has 3 aromatic rings. The molecular formula is C17H15FN4. The molecule has 1 aromatic carbocycles. The molecule has 0 atom stereocenters. The van der Waals surface area contributed by atoms with Crippen molar-refractivity contribution in [3.05, 3.63) is 65.2 Å². The summed E-state index contributed by atoms with van der Waals surface area (Å²) in [5.41, 5.74) is 3.39. The van der Waals surface area contributed by atoms with Gasteiger partial charge in [-0.05, 0) is 42.3 Å². The topological polar surface area (TPSA) is 64.5 Å². The Morgan fingerprint density at radius 3 is 3.05 bits per heavy atom. The van der Waals surface area contributed by atoms with Gasteiger partial charge in [0.05, 0.1) is 5.56 Å². The summed E-state index contributed by atoms with van der Waals surface area (Å²) in [6.07, 6.45) is 4.29. The van der Waals surface area contributed by atoms with E-state index in [2.05, 4.69) is 21.4 Å².